The van der Waals surface area contributed by atoms with Crippen LogP contribution in [0.15, 0.2) is 36.4 Å². The summed E-state index contributed by atoms with van der Waals surface area (Å²) in [6.07, 6.45) is 0. The van der Waals surface area contributed by atoms with Gasteiger partial charge < -0.3 is 9.80 Å². The normalized spacial score (nSPS) is 24.8. The highest BCUT2D eigenvalue weighted by molar-refractivity contribution is 7.17. The molecule has 1 aromatic heterocycles. The van der Waals surface area contributed by atoms with Gasteiger partial charge >= 0.3 is 0 Å². The minimum atomic E-state index is 0.0448. The molecule has 1 aromatic carbocycles. The van der Waals surface area contributed by atoms with Crippen LogP contribution in [0, 0.1) is 18.8 Å². The minimum Gasteiger partial charge on any atom is -0.337 e. The van der Waals surface area contributed by atoms with E-state index in [2.05, 4.69) is 19.1 Å². The number of thiophene rings is 1. The Bertz CT molecular complexity index is 865. The molecule has 2 aliphatic heterocycles. The van der Waals surface area contributed by atoms with Gasteiger partial charge in [-0.25, -0.2) is 0 Å². The summed E-state index contributed by atoms with van der Waals surface area (Å²) in [4.78, 5) is 29.7. The van der Waals surface area contributed by atoms with Crippen LogP contribution in [0.3, 0.4) is 0 Å². The molecule has 136 valence electrons. The number of carbonyl (C=O) groups is 2. The van der Waals surface area contributed by atoms with Crippen molar-refractivity contribution < 1.29 is 9.59 Å². The van der Waals surface area contributed by atoms with Crippen molar-refractivity contribution in [1.82, 2.24) is 9.80 Å². The van der Waals surface area contributed by atoms with Gasteiger partial charge in [0, 0.05) is 38.4 Å². The summed E-state index contributed by atoms with van der Waals surface area (Å²) < 4.78 is 0.633. The number of aryl methyl sites for hydroxylation is 1. The molecule has 2 fully saturated rings. The minimum absolute atomic E-state index is 0.0448. The number of rotatable bonds is 2. The van der Waals surface area contributed by atoms with E-state index in [0.29, 0.717) is 34.8 Å². The number of hydrogen-bond acceptors (Lipinski definition) is 3. The van der Waals surface area contributed by atoms with Crippen LogP contribution in [0.1, 0.15) is 33.8 Å². The van der Waals surface area contributed by atoms with Crippen molar-refractivity contribution in [2.45, 2.75) is 19.9 Å². The van der Waals surface area contributed by atoms with Crippen LogP contribution in [-0.4, -0.2) is 41.2 Å². The first-order valence-electron chi connectivity index (χ1n) is 8.83. The highest BCUT2D eigenvalue weighted by atomic mass is 35.5. The van der Waals surface area contributed by atoms with E-state index >= 15 is 0 Å². The van der Waals surface area contributed by atoms with Gasteiger partial charge in [-0.3, -0.25) is 9.59 Å². The maximum atomic E-state index is 12.8. The highest BCUT2D eigenvalue weighted by Crippen LogP contribution is 2.46. The lowest BCUT2D eigenvalue weighted by molar-refractivity contribution is -0.130. The maximum Gasteiger partial charge on any atom is 0.263 e. The summed E-state index contributed by atoms with van der Waals surface area (Å²) in [6, 6.07) is 11.9. The molecule has 26 heavy (non-hydrogen) atoms. The number of nitrogens with zero attached hydrogens (tertiary/aromatic N) is 2. The van der Waals surface area contributed by atoms with Crippen molar-refractivity contribution in [3.8, 4) is 0 Å². The Morgan fingerprint density at radius 1 is 1.12 bits per heavy atom. The van der Waals surface area contributed by atoms with Gasteiger partial charge in [-0.1, -0.05) is 35.9 Å². The summed E-state index contributed by atoms with van der Waals surface area (Å²) in [5.41, 5.74) is 2.39. The Hall–Kier alpha value is -1.85. The second kappa shape index (κ2) is 6.71. The van der Waals surface area contributed by atoms with Crippen LogP contribution < -0.4 is 0 Å². The quantitative estimate of drug-likeness (QED) is 0.780. The van der Waals surface area contributed by atoms with Crippen molar-refractivity contribution in [2.75, 3.05) is 19.6 Å². The number of fused-ring (bicyclic) bond motifs is 1. The monoisotopic (exact) mass is 388 g/mol. The van der Waals surface area contributed by atoms with Gasteiger partial charge in [0.25, 0.3) is 5.91 Å². The third-order valence-corrected chi connectivity index (χ3v) is 6.87. The summed E-state index contributed by atoms with van der Waals surface area (Å²) in [7, 11) is 0. The Labute approximate surface area is 162 Å². The van der Waals surface area contributed by atoms with E-state index in [-0.39, 0.29) is 23.8 Å². The second-order valence-corrected chi connectivity index (χ2v) is 8.93. The molecule has 0 N–H and O–H groups in total. The zero-order chi connectivity index (χ0) is 18.4. The van der Waals surface area contributed by atoms with Crippen LogP contribution in [-0.2, 0) is 4.79 Å². The van der Waals surface area contributed by atoms with Gasteiger partial charge in [-0.05, 0) is 30.2 Å². The number of amides is 2. The van der Waals surface area contributed by atoms with Crippen molar-refractivity contribution >= 4 is 34.8 Å². The number of carbonyl (C=O) groups excluding carboxylic acids is 2. The molecule has 4 rings (SSSR count). The number of likely N-dealkylation sites (tertiary alicyclic amines) is 2. The maximum absolute atomic E-state index is 12.8. The Balaban J connectivity index is 1.62. The average molecular weight is 389 g/mol. The molecule has 0 saturated carbocycles. The summed E-state index contributed by atoms with van der Waals surface area (Å²) in [6.45, 7) is 5.83. The molecule has 3 heterocycles. The fraction of sp³-hybridized carbons (Fsp3) is 0.400. The number of benzene rings is 1. The van der Waals surface area contributed by atoms with E-state index in [1.807, 2.05) is 21.9 Å². The molecule has 4 nitrogen and oxygen atoms in total. The Kier molecular flexibility index (Phi) is 4.53. The number of halogens is 1. The lowest BCUT2D eigenvalue weighted by Gasteiger charge is -2.30. The molecule has 0 aliphatic carbocycles. The van der Waals surface area contributed by atoms with Crippen molar-refractivity contribution in [3.05, 3.63) is 56.7 Å². The highest BCUT2D eigenvalue weighted by Gasteiger charge is 2.49. The van der Waals surface area contributed by atoms with E-state index in [1.165, 1.54) is 22.5 Å². The summed E-state index contributed by atoms with van der Waals surface area (Å²) in [5, 5.41) is 0. The molecule has 0 spiro atoms. The van der Waals surface area contributed by atoms with Gasteiger partial charge in [0.15, 0.2) is 0 Å². The molecule has 3 atom stereocenters. The van der Waals surface area contributed by atoms with Crippen molar-refractivity contribution in [1.29, 1.82) is 0 Å². The average Bonchev–Trinajstić information content (AvgIpc) is 3.28. The lowest BCUT2D eigenvalue weighted by atomic mass is 9.87. The largest absolute Gasteiger partial charge is 0.337 e. The molecule has 6 heteroatoms. The Morgan fingerprint density at radius 2 is 1.88 bits per heavy atom. The van der Waals surface area contributed by atoms with Crippen molar-refractivity contribution in [3.63, 3.8) is 0 Å². The predicted octanol–water partition coefficient (Wildman–Crippen LogP) is 4.00. The SMILES string of the molecule is CC(=O)N1C[C@H]2CN(C(=O)c3ccc(Cl)s3)C[C@H]2[C@H]1c1ccccc1C. The van der Waals surface area contributed by atoms with E-state index < -0.39 is 0 Å². The van der Waals surface area contributed by atoms with Crippen molar-refractivity contribution in [2.24, 2.45) is 11.8 Å². The lowest BCUT2D eigenvalue weighted by Crippen LogP contribution is -2.36. The van der Waals surface area contributed by atoms with E-state index in [9.17, 15) is 9.59 Å². The molecular weight excluding hydrogens is 368 g/mol. The van der Waals surface area contributed by atoms with Crippen LogP contribution >= 0.6 is 22.9 Å². The topological polar surface area (TPSA) is 40.6 Å². The molecular formula is C20H21ClN2O2S. The zero-order valence-electron chi connectivity index (χ0n) is 14.8. The number of hydrogen-bond donors (Lipinski definition) is 0. The second-order valence-electron chi connectivity index (χ2n) is 7.21. The molecule has 2 saturated heterocycles. The van der Waals surface area contributed by atoms with Gasteiger partial charge in [0.2, 0.25) is 5.91 Å². The fourth-order valence-electron chi connectivity index (χ4n) is 4.44. The standard InChI is InChI=1S/C20H21ClN2O2S/c1-12-5-3-4-6-15(12)19-16-11-22(9-14(16)10-23(19)13(2)24)20(25)17-7-8-18(21)26-17/h3-8,14,16,19H,9-11H2,1-2H3/t14-,16-,19-/m1/s1. The van der Waals surface area contributed by atoms with E-state index in [4.69, 9.17) is 11.6 Å². The first-order chi connectivity index (χ1) is 12.5. The molecule has 0 radical (unpaired) electrons. The first-order valence-corrected chi connectivity index (χ1v) is 10.0. The predicted molar refractivity (Wildman–Crippen MR) is 104 cm³/mol. The van der Waals surface area contributed by atoms with Crippen LogP contribution in [0.5, 0.6) is 0 Å². The van der Waals surface area contributed by atoms with Crippen LogP contribution in [0.2, 0.25) is 4.34 Å². The Morgan fingerprint density at radius 3 is 2.54 bits per heavy atom. The summed E-state index contributed by atoms with van der Waals surface area (Å²) >= 11 is 7.31. The molecule has 0 bridgehead atoms. The van der Waals surface area contributed by atoms with Gasteiger partial charge in [-0.15, -0.1) is 11.3 Å². The smallest absolute Gasteiger partial charge is 0.263 e. The van der Waals surface area contributed by atoms with E-state index in [0.717, 1.165) is 0 Å². The molecule has 2 aliphatic rings. The van der Waals surface area contributed by atoms with Gasteiger partial charge in [0.05, 0.1) is 15.3 Å². The van der Waals surface area contributed by atoms with Crippen LogP contribution in [0.25, 0.3) is 0 Å². The molecule has 0 unspecified atom stereocenters. The first kappa shape index (κ1) is 17.6. The third-order valence-electron chi connectivity index (χ3n) is 5.65. The van der Waals surface area contributed by atoms with Crippen LogP contribution in [0.4, 0.5) is 0 Å². The van der Waals surface area contributed by atoms with E-state index in [1.54, 1.807) is 19.1 Å². The van der Waals surface area contributed by atoms with Gasteiger partial charge in [0.1, 0.15) is 0 Å². The third kappa shape index (κ3) is 2.93. The summed E-state index contributed by atoms with van der Waals surface area (Å²) in [5.74, 6) is 0.757. The molecule has 2 amide bonds. The fourth-order valence-corrected chi connectivity index (χ4v) is 5.45. The zero-order valence-corrected chi connectivity index (χ0v) is 16.4. The van der Waals surface area contributed by atoms with Gasteiger partial charge in [-0.2, -0.15) is 0 Å². The molecule has 2 aromatic rings.